The minimum atomic E-state index is -0.397. The first kappa shape index (κ1) is 24.6. The van der Waals surface area contributed by atoms with Gasteiger partial charge in [-0.15, -0.1) is 11.8 Å². The summed E-state index contributed by atoms with van der Waals surface area (Å²) in [7, 11) is 0. The van der Waals surface area contributed by atoms with Gasteiger partial charge in [0.1, 0.15) is 16.8 Å². The quantitative estimate of drug-likeness (QED) is 0.271. The Labute approximate surface area is 207 Å². The van der Waals surface area contributed by atoms with E-state index in [9.17, 15) is 9.90 Å². The number of nitrogens with zero attached hydrogens (tertiary/aromatic N) is 2. The average molecular weight is 481 g/mol. The Morgan fingerprint density at radius 3 is 2.56 bits per heavy atom. The van der Waals surface area contributed by atoms with Gasteiger partial charge in [-0.1, -0.05) is 31.0 Å². The molecule has 0 spiro atoms. The van der Waals surface area contributed by atoms with Crippen LogP contribution in [-0.2, 0) is 4.79 Å². The van der Waals surface area contributed by atoms with E-state index in [1.54, 1.807) is 18.2 Å². The summed E-state index contributed by atoms with van der Waals surface area (Å²) >= 11 is 1.49. The second-order valence-corrected chi connectivity index (χ2v) is 10.8. The predicted molar refractivity (Wildman–Crippen MR) is 140 cm³/mol. The number of rotatable bonds is 8. The smallest absolute Gasteiger partial charge is 0.245 e. The van der Waals surface area contributed by atoms with Crippen molar-refractivity contribution in [1.29, 1.82) is 5.41 Å². The molecule has 1 amide bonds. The van der Waals surface area contributed by atoms with Crippen molar-refractivity contribution in [3.8, 4) is 5.75 Å². The maximum atomic E-state index is 13.6. The molecule has 2 aromatic carbocycles. The van der Waals surface area contributed by atoms with Crippen LogP contribution in [0.1, 0.15) is 68.7 Å². The lowest BCUT2D eigenvalue weighted by Gasteiger charge is -2.39. The van der Waals surface area contributed by atoms with E-state index in [2.05, 4.69) is 18.7 Å². The number of carbonyl (C=O) groups is 1. The van der Waals surface area contributed by atoms with Gasteiger partial charge in [-0.3, -0.25) is 15.1 Å². The first-order chi connectivity index (χ1) is 16.3. The number of phenolic OH excluding ortho intramolecular Hbond substituents is 1. The monoisotopic (exact) mass is 480 g/mol. The van der Waals surface area contributed by atoms with Gasteiger partial charge < -0.3 is 15.7 Å². The van der Waals surface area contributed by atoms with Gasteiger partial charge >= 0.3 is 0 Å². The number of carbonyl (C=O) groups excluding carboxylic acids is 1. The fraction of sp³-hybridized carbons (Fsp3) is 0.481. The van der Waals surface area contributed by atoms with Crippen molar-refractivity contribution in [2.24, 2.45) is 5.73 Å². The molecule has 2 heterocycles. The van der Waals surface area contributed by atoms with Crippen LogP contribution < -0.4 is 10.6 Å². The van der Waals surface area contributed by atoms with Crippen LogP contribution in [0.25, 0.3) is 0 Å². The number of benzene rings is 2. The van der Waals surface area contributed by atoms with Gasteiger partial charge in [0.2, 0.25) is 5.91 Å². The number of thioether (sulfide) groups is 1. The van der Waals surface area contributed by atoms with Gasteiger partial charge in [0.05, 0.1) is 5.69 Å². The number of fused-ring (bicyclic) bond motifs is 1. The Balaban J connectivity index is 1.45. The molecule has 2 aliphatic heterocycles. The zero-order valence-corrected chi connectivity index (χ0v) is 21.0. The van der Waals surface area contributed by atoms with E-state index in [-0.39, 0.29) is 17.5 Å². The second-order valence-electron chi connectivity index (χ2n) is 9.61. The molecule has 6 nitrogen and oxygen atoms in total. The summed E-state index contributed by atoms with van der Waals surface area (Å²) in [5.41, 5.74) is 7.93. The lowest BCUT2D eigenvalue weighted by molar-refractivity contribution is -0.118. The molecule has 0 bridgehead atoms. The summed E-state index contributed by atoms with van der Waals surface area (Å²) in [5, 5.41) is 17.4. The molecule has 182 valence electrons. The minimum Gasteiger partial charge on any atom is -0.508 e. The lowest BCUT2D eigenvalue weighted by Crippen LogP contribution is -2.44. The summed E-state index contributed by atoms with van der Waals surface area (Å²) in [6.45, 7) is 6.42. The number of amides is 1. The molecular formula is C27H36N4O2S. The van der Waals surface area contributed by atoms with E-state index in [0.717, 1.165) is 42.0 Å². The number of anilines is 1. The summed E-state index contributed by atoms with van der Waals surface area (Å²) in [4.78, 5) is 19.1. The number of nitrogens with two attached hydrogens (primary N) is 1. The Morgan fingerprint density at radius 1 is 1.09 bits per heavy atom. The average Bonchev–Trinajstić information content (AvgIpc) is 2.81. The Kier molecular flexibility index (Phi) is 7.84. The molecule has 2 aliphatic rings. The highest BCUT2D eigenvalue weighted by molar-refractivity contribution is 8.00. The van der Waals surface area contributed by atoms with E-state index in [4.69, 9.17) is 11.1 Å². The molecule has 2 aromatic rings. The topological polar surface area (TPSA) is 93.7 Å². The van der Waals surface area contributed by atoms with Gasteiger partial charge in [-0.25, -0.2) is 0 Å². The third-order valence-corrected chi connectivity index (χ3v) is 8.45. The number of hydrogen-bond acceptors (Lipinski definition) is 5. The SMILES string of the molecule is C[C@@H]1CCC[C@H](C)N1CCCCCN1C(=O)C(c2cccc(C(=N)N)c2)Sc2ccc(O)cc21. The lowest BCUT2D eigenvalue weighted by atomic mass is 9.97. The summed E-state index contributed by atoms with van der Waals surface area (Å²) in [6.07, 6.45) is 7.01. The highest BCUT2D eigenvalue weighted by Crippen LogP contribution is 2.47. The largest absolute Gasteiger partial charge is 0.508 e. The summed E-state index contributed by atoms with van der Waals surface area (Å²) in [5.74, 6) is 0.180. The van der Waals surface area contributed by atoms with Crippen molar-refractivity contribution in [1.82, 2.24) is 4.90 Å². The molecule has 3 atom stereocenters. The first-order valence-corrected chi connectivity index (χ1v) is 13.2. The van der Waals surface area contributed by atoms with Gasteiger partial charge in [-0.2, -0.15) is 0 Å². The van der Waals surface area contributed by atoms with Crippen LogP contribution in [0.5, 0.6) is 5.75 Å². The number of hydrogen-bond donors (Lipinski definition) is 3. The minimum absolute atomic E-state index is 0.00497. The number of phenols is 1. The Hall–Kier alpha value is -2.51. The number of amidine groups is 1. The van der Waals surface area contributed by atoms with Crippen molar-refractivity contribution < 1.29 is 9.90 Å². The van der Waals surface area contributed by atoms with Crippen molar-refractivity contribution in [3.63, 3.8) is 0 Å². The van der Waals surface area contributed by atoms with Gasteiger partial charge in [0.15, 0.2) is 0 Å². The Morgan fingerprint density at radius 2 is 1.82 bits per heavy atom. The van der Waals surface area contributed by atoms with Crippen LogP contribution in [0.15, 0.2) is 47.4 Å². The van der Waals surface area contributed by atoms with E-state index in [0.29, 0.717) is 24.2 Å². The maximum absolute atomic E-state index is 13.6. The van der Waals surface area contributed by atoms with Crippen molar-refractivity contribution in [3.05, 3.63) is 53.6 Å². The highest BCUT2D eigenvalue weighted by Gasteiger charge is 2.35. The normalized spacial score (nSPS) is 23.1. The molecule has 34 heavy (non-hydrogen) atoms. The van der Waals surface area contributed by atoms with Gasteiger partial charge in [0.25, 0.3) is 0 Å². The fourth-order valence-corrected chi connectivity index (χ4v) is 6.42. The number of nitrogen functional groups attached to an aromatic ring is 1. The molecule has 4 rings (SSSR count). The first-order valence-electron chi connectivity index (χ1n) is 12.4. The second kappa shape index (κ2) is 10.8. The molecule has 1 fully saturated rings. The van der Waals surface area contributed by atoms with Crippen LogP contribution >= 0.6 is 11.8 Å². The van der Waals surface area contributed by atoms with E-state index in [1.807, 2.05) is 29.2 Å². The molecule has 1 unspecified atom stereocenters. The zero-order chi connectivity index (χ0) is 24.2. The molecule has 1 saturated heterocycles. The van der Waals surface area contributed by atoms with Crippen LogP contribution in [0.3, 0.4) is 0 Å². The highest BCUT2D eigenvalue weighted by atomic mass is 32.2. The van der Waals surface area contributed by atoms with Crippen LogP contribution in [0, 0.1) is 5.41 Å². The van der Waals surface area contributed by atoms with E-state index >= 15 is 0 Å². The molecule has 4 N–H and O–H groups in total. The molecular weight excluding hydrogens is 444 g/mol. The van der Waals surface area contributed by atoms with E-state index in [1.165, 1.54) is 31.0 Å². The van der Waals surface area contributed by atoms with Gasteiger partial charge in [0, 0.05) is 35.2 Å². The van der Waals surface area contributed by atoms with E-state index < -0.39 is 5.25 Å². The standard InChI is InChI=1S/C27H36N4O2S/c1-18-8-6-9-19(2)30(18)14-4-3-5-15-31-23-17-22(32)12-13-24(23)34-25(27(31)33)20-10-7-11-21(16-20)26(28)29/h7,10-13,16-19,25,32H,3-6,8-9,14-15H2,1-2H3,(H3,28,29)/t18-,19+,25?. The van der Waals surface area contributed by atoms with Crippen molar-refractivity contribution in [2.75, 3.05) is 18.0 Å². The predicted octanol–water partition coefficient (Wildman–Crippen LogP) is 5.29. The molecule has 0 aliphatic carbocycles. The van der Waals surface area contributed by atoms with Gasteiger partial charge in [-0.05, 0) is 69.8 Å². The molecule has 0 saturated carbocycles. The van der Waals surface area contributed by atoms with Crippen molar-refractivity contribution in [2.45, 2.75) is 74.6 Å². The molecule has 7 heteroatoms. The van der Waals surface area contributed by atoms with Crippen molar-refractivity contribution >= 4 is 29.2 Å². The summed E-state index contributed by atoms with van der Waals surface area (Å²) in [6, 6.07) is 14.0. The third-order valence-electron chi connectivity index (χ3n) is 7.14. The van der Waals surface area contributed by atoms with Crippen LogP contribution in [0.2, 0.25) is 0 Å². The number of likely N-dealkylation sites (tertiary alicyclic amines) is 1. The zero-order valence-electron chi connectivity index (χ0n) is 20.2. The van der Waals surface area contributed by atoms with Crippen LogP contribution in [-0.4, -0.2) is 46.9 Å². The van der Waals surface area contributed by atoms with Crippen LogP contribution in [0.4, 0.5) is 5.69 Å². The third kappa shape index (κ3) is 5.41. The fourth-order valence-electron chi connectivity index (χ4n) is 5.22. The Bertz CT molecular complexity index is 1030. The summed E-state index contributed by atoms with van der Waals surface area (Å²) < 4.78 is 0. The molecule has 0 aromatic heterocycles. The maximum Gasteiger partial charge on any atom is 0.245 e. The number of nitrogens with one attached hydrogen (secondary N) is 1. The molecule has 0 radical (unpaired) electrons. The number of aromatic hydroxyl groups is 1. The number of unbranched alkanes of at least 4 members (excludes halogenated alkanes) is 2. The number of piperidine rings is 1.